The van der Waals surface area contributed by atoms with Crippen molar-refractivity contribution >= 4 is 32.9 Å². The van der Waals surface area contributed by atoms with Crippen LogP contribution in [0.5, 0.6) is 0 Å². The monoisotopic (exact) mass is 306 g/mol. The molecule has 88 valence electrons. The highest BCUT2D eigenvalue weighted by molar-refractivity contribution is 9.06. The largest absolute Gasteiger partial charge is 0.380 e. The average Bonchev–Trinajstić information content (AvgIpc) is 2.23. The van der Waals surface area contributed by atoms with Crippen LogP contribution in [0.3, 0.4) is 0 Å². The molecule has 0 unspecified atom stereocenters. The first-order valence-electron chi connectivity index (χ1n) is 4.51. The summed E-state index contributed by atoms with van der Waals surface area (Å²) in [6.45, 7) is 3.52. The maximum absolute atomic E-state index is 11.4. The number of benzene rings is 1. The third-order valence-electron chi connectivity index (χ3n) is 2.41. The molecule has 0 aromatic heterocycles. The zero-order chi connectivity index (χ0) is 12.3. The molecule has 16 heavy (non-hydrogen) atoms. The number of aryl methyl sites for hydroxylation is 1. The molecule has 0 aliphatic carbocycles. The smallest absolute Gasteiger partial charge is 0.349 e. The van der Waals surface area contributed by atoms with Crippen molar-refractivity contribution in [2.75, 3.05) is 0 Å². The maximum atomic E-state index is 11.4. The second-order valence-electron chi connectivity index (χ2n) is 3.39. The van der Waals surface area contributed by atoms with Gasteiger partial charge in [-0.3, -0.25) is 0 Å². The molecule has 0 N–H and O–H groups in total. The number of carbonyl (C=O) groups excluding carboxylic acids is 1. The van der Waals surface area contributed by atoms with Gasteiger partial charge in [-0.15, -0.1) is 0 Å². The van der Waals surface area contributed by atoms with E-state index < -0.39 is 16.7 Å². The first kappa shape index (κ1) is 13.2. The highest BCUT2D eigenvalue weighted by Crippen LogP contribution is 2.20. The molecule has 0 saturated heterocycles. The minimum Gasteiger partial charge on any atom is -0.380 e. The predicted octanol–water partition coefficient (Wildman–Crippen LogP) is 1.88. The third kappa shape index (κ3) is 2.82. The lowest BCUT2D eigenvalue weighted by Gasteiger charge is -2.10. The van der Waals surface area contributed by atoms with Gasteiger partial charge in [-0.2, -0.15) is 0 Å². The Morgan fingerprint density at radius 2 is 2.00 bits per heavy atom. The molecule has 0 aliphatic rings. The van der Waals surface area contributed by atoms with Crippen molar-refractivity contribution in [3.63, 3.8) is 0 Å². The molecule has 0 spiro atoms. The van der Waals surface area contributed by atoms with Crippen molar-refractivity contribution in [2.24, 2.45) is 0 Å². The van der Waals surface area contributed by atoms with Crippen molar-refractivity contribution in [2.45, 2.75) is 19.6 Å². The lowest BCUT2D eigenvalue weighted by atomic mass is 9.99. The second-order valence-corrected chi connectivity index (χ2v) is 4.69. The van der Waals surface area contributed by atoms with E-state index in [9.17, 15) is 13.2 Å². The summed E-state index contributed by atoms with van der Waals surface area (Å²) in [5, 5.41) is 0. The van der Waals surface area contributed by atoms with Crippen LogP contribution < -0.4 is 0 Å². The van der Waals surface area contributed by atoms with Crippen molar-refractivity contribution in [3.8, 4) is 0 Å². The van der Waals surface area contributed by atoms with Gasteiger partial charge < -0.3 is 3.83 Å². The van der Waals surface area contributed by atoms with E-state index in [-0.39, 0.29) is 5.75 Å². The SMILES string of the molecule is Cc1ccc(C(=O)OBr)c(C)c1C[SH](=O)=O. The van der Waals surface area contributed by atoms with E-state index in [4.69, 9.17) is 0 Å². The van der Waals surface area contributed by atoms with Crippen molar-refractivity contribution < 1.29 is 17.0 Å². The number of carbonyl (C=O) groups is 1. The minimum absolute atomic E-state index is 0.0591. The Morgan fingerprint density at radius 1 is 1.38 bits per heavy atom. The quantitative estimate of drug-likeness (QED) is 0.866. The number of thiol groups is 1. The Balaban J connectivity index is 3.31. The average molecular weight is 307 g/mol. The van der Waals surface area contributed by atoms with Gasteiger partial charge in [0.15, 0.2) is 16.3 Å². The van der Waals surface area contributed by atoms with Gasteiger partial charge >= 0.3 is 5.97 Å². The lowest BCUT2D eigenvalue weighted by molar-refractivity contribution is 0.0781. The van der Waals surface area contributed by atoms with Crippen LogP contribution in [-0.4, -0.2) is 14.4 Å². The minimum atomic E-state index is -2.51. The Hall–Kier alpha value is -0.880. The zero-order valence-corrected chi connectivity index (χ0v) is 11.3. The van der Waals surface area contributed by atoms with E-state index in [1.807, 2.05) is 6.92 Å². The van der Waals surface area contributed by atoms with Crippen LogP contribution >= 0.6 is 16.3 Å². The van der Waals surface area contributed by atoms with E-state index in [2.05, 4.69) is 20.1 Å². The standard InChI is InChI=1S/C10H11BrO4S/c1-6-3-4-8(10(12)15-11)7(2)9(6)5-16(13)14/h3-4,16H,5H2,1-2H3. The van der Waals surface area contributed by atoms with Gasteiger partial charge in [0.25, 0.3) is 0 Å². The highest BCUT2D eigenvalue weighted by Gasteiger charge is 2.14. The summed E-state index contributed by atoms with van der Waals surface area (Å²) in [6.07, 6.45) is 0. The molecular formula is C10H11BrO4S. The van der Waals surface area contributed by atoms with Crippen molar-refractivity contribution in [1.82, 2.24) is 0 Å². The van der Waals surface area contributed by atoms with Crippen LogP contribution in [-0.2, 0) is 20.3 Å². The number of halogens is 1. The van der Waals surface area contributed by atoms with Gasteiger partial charge in [0.2, 0.25) is 0 Å². The van der Waals surface area contributed by atoms with Gasteiger partial charge in [0.1, 0.15) is 10.7 Å². The predicted molar refractivity (Wildman–Crippen MR) is 64.3 cm³/mol. The summed E-state index contributed by atoms with van der Waals surface area (Å²) in [4.78, 5) is 11.4. The Morgan fingerprint density at radius 3 is 2.50 bits per heavy atom. The molecule has 0 bridgehead atoms. The molecule has 6 heteroatoms. The zero-order valence-electron chi connectivity index (χ0n) is 8.82. The number of hydrogen-bond donors (Lipinski definition) is 1. The molecule has 4 nitrogen and oxygen atoms in total. The van der Waals surface area contributed by atoms with Crippen LogP contribution in [0.2, 0.25) is 0 Å². The van der Waals surface area contributed by atoms with Gasteiger partial charge in [-0.1, -0.05) is 6.07 Å². The van der Waals surface area contributed by atoms with E-state index in [1.54, 1.807) is 19.1 Å². The fourth-order valence-electron chi connectivity index (χ4n) is 1.53. The Kier molecular flexibility index (Phi) is 4.49. The molecule has 0 fully saturated rings. The second kappa shape index (κ2) is 5.45. The van der Waals surface area contributed by atoms with E-state index in [0.717, 1.165) is 5.56 Å². The van der Waals surface area contributed by atoms with Gasteiger partial charge in [-0.25, -0.2) is 13.2 Å². The summed E-state index contributed by atoms with van der Waals surface area (Å²) in [5.74, 6) is -0.587. The molecule has 0 saturated carbocycles. The molecule has 1 rings (SSSR count). The number of rotatable bonds is 3. The number of hydrogen-bond acceptors (Lipinski definition) is 4. The van der Waals surface area contributed by atoms with Crippen LogP contribution in [0, 0.1) is 13.8 Å². The molecule has 1 aromatic rings. The van der Waals surface area contributed by atoms with Crippen molar-refractivity contribution in [3.05, 3.63) is 34.4 Å². The highest BCUT2D eigenvalue weighted by atomic mass is 79.9. The van der Waals surface area contributed by atoms with Crippen LogP contribution in [0.4, 0.5) is 0 Å². The summed E-state index contributed by atoms with van der Waals surface area (Å²) < 4.78 is 25.9. The van der Waals surface area contributed by atoms with Crippen LogP contribution in [0.25, 0.3) is 0 Å². The third-order valence-corrected chi connectivity index (χ3v) is 3.28. The van der Waals surface area contributed by atoms with E-state index in [0.29, 0.717) is 16.7 Å². The molecule has 0 aliphatic heterocycles. The molecule has 1 aromatic carbocycles. The molecule has 0 heterocycles. The summed E-state index contributed by atoms with van der Waals surface area (Å²) in [6, 6.07) is 3.33. The topological polar surface area (TPSA) is 60.4 Å². The van der Waals surface area contributed by atoms with Gasteiger partial charge in [0.05, 0.1) is 11.3 Å². The van der Waals surface area contributed by atoms with E-state index in [1.165, 1.54) is 0 Å². The van der Waals surface area contributed by atoms with Crippen molar-refractivity contribution in [1.29, 1.82) is 0 Å². The summed E-state index contributed by atoms with van der Waals surface area (Å²) >= 11 is 2.61. The van der Waals surface area contributed by atoms with Gasteiger partial charge in [-0.05, 0) is 36.6 Å². The summed E-state index contributed by atoms with van der Waals surface area (Å²) in [5.41, 5.74) is 2.52. The van der Waals surface area contributed by atoms with Crippen LogP contribution in [0.15, 0.2) is 12.1 Å². The molecule has 0 atom stereocenters. The lowest BCUT2D eigenvalue weighted by Crippen LogP contribution is -2.05. The Bertz CT molecular complexity index is 486. The molecule has 0 radical (unpaired) electrons. The molecular weight excluding hydrogens is 296 g/mol. The maximum Gasteiger partial charge on any atom is 0.349 e. The fraction of sp³-hybridized carbons (Fsp3) is 0.300. The normalized spacial score (nSPS) is 10.5. The first-order valence-corrected chi connectivity index (χ1v) is 6.52. The molecule has 0 amide bonds. The van der Waals surface area contributed by atoms with Crippen LogP contribution in [0.1, 0.15) is 27.0 Å². The van der Waals surface area contributed by atoms with E-state index >= 15 is 0 Å². The van der Waals surface area contributed by atoms with Gasteiger partial charge in [0, 0.05) is 0 Å². The Labute approximate surface area is 104 Å². The summed E-state index contributed by atoms with van der Waals surface area (Å²) in [7, 11) is -2.51. The first-order chi connectivity index (χ1) is 7.47. The fourth-order valence-corrected chi connectivity index (χ4v) is 2.45.